The predicted molar refractivity (Wildman–Crippen MR) is 272 cm³/mol. The van der Waals surface area contributed by atoms with Gasteiger partial charge in [-0.25, -0.2) is 0 Å². The molecule has 1 aliphatic carbocycles. The molecular weight excluding hydrogens is 1050 g/mol. The van der Waals surface area contributed by atoms with Gasteiger partial charge in [-0.1, -0.05) is 18.8 Å². The molecule has 0 unspecified atom stereocenters. The molecule has 1 saturated carbocycles. The lowest BCUT2D eigenvalue weighted by molar-refractivity contribution is -0.345. The molecule has 0 aromatic carbocycles. The van der Waals surface area contributed by atoms with Gasteiger partial charge in [0, 0.05) is 77.4 Å². The number of aliphatic hydroxyl groups is 8. The number of methoxy groups -OCH3 is 1. The van der Waals surface area contributed by atoms with Gasteiger partial charge in [0.1, 0.15) is 79.0 Å². The molecule has 4 fully saturated rings. The van der Waals surface area contributed by atoms with Crippen LogP contribution in [-0.2, 0) is 71.3 Å². The number of rotatable bonds is 36. The summed E-state index contributed by atoms with van der Waals surface area (Å²) in [6, 6.07) is 0. The zero-order chi connectivity index (χ0) is 57.3. The van der Waals surface area contributed by atoms with Crippen LogP contribution in [0.3, 0.4) is 0 Å². The maximum absolute atomic E-state index is 12.7. The Bertz CT molecular complexity index is 1900. The van der Waals surface area contributed by atoms with Gasteiger partial charge < -0.3 is 98.9 Å². The monoisotopic (exact) mass is 1130 g/mol. The van der Waals surface area contributed by atoms with E-state index in [9.17, 15) is 64.8 Å². The third kappa shape index (κ3) is 20.9. The van der Waals surface area contributed by atoms with Crippen molar-refractivity contribution in [2.75, 3.05) is 86.2 Å². The normalized spacial score (nSPS) is 33.0. The van der Waals surface area contributed by atoms with E-state index < -0.39 is 112 Å². The molecule has 0 bridgehead atoms. The number of ether oxygens (including phenoxy) is 10. The van der Waals surface area contributed by atoms with Gasteiger partial charge in [0.15, 0.2) is 18.9 Å². The second kappa shape index (κ2) is 35.4. The van der Waals surface area contributed by atoms with Crippen LogP contribution < -0.4 is 10.6 Å². The molecule has 0 spiro atoms. The molecule has 79 heavy (non-hydrogen) atoms. The number of aliphatic hydroxyl groups excluding tert-OH is 8. The summed E-state index contributed by atoms with van der Waals surface area (Å²) in [4.78, 5) is 62.1. The van der Waals surface area contributed by atoms with E-state index in [4.69, 9.17) is 53.8 Å². The van der Waals surface area contributed by atoms with Crippen molar-refractivity contribution in [1.82, 2.24) is 15.5 Å². The highest BCUT2D eigenvalue weighted by molar-refractivity contribution is 6.12. The van der Waals surface area contributed by atoms with Crippen LogP contribution in [-0.4, -0.2) is 253 Å². The lowest BCUT2D eigenvalue weighted by Gasteiger charge is -2.45. The molecule has 4 heterocycles. The predicted octanol–water partition coefficient (Wildman–Crippen LogP) is -2.77. The SMILES string of the molecule is C#CCNC(=O)CCCCCO[C@H]1[C@H](O)[C@@H](O)[C@@H](OC)O[C@@H]1CO[C@H]1O[C@H](CO[C@H]2O[C@H](CO)[C@@H](O)[C@H](O)[C@H]2O)[C@@H](OCCCCCC(=O)NCCOCCOCCCC(=O)C2CCC(CN3C(=O)C=CC3=O)CC2)[C@H](O)[C@H]1O. The number of unbranched alkanes of at least 4 members (excludes halogenated alkanes) is 4. The smallest absolute Gasteiger partial charge is 0.253 e. The molecule has 15 atom stereocenters. The van der Waals surface area contributed by atoms with Crippen LogP contribution in [0.25, 0.3) is 0 Å². The highest BCUT2D eigenvalue weighted by Gasteiger charge is 2.50. The van der Waals surface area contributed by atoms with Gasteiger partial charge in [-0.3, -0.25) is 28.9 Å². The van der Waals surface area contributed by atoms with Crippen molar-refractivity contribution in [3.8, 4) is 12.3 Å². The largest absolute Gasteiger partial charge is 0.394 e. The van der Waals surface area contributed by atoms with E-state index in [-0.39, 0.29) is 80.5 Å². The zero-order valence-electron chi connectivity index (χ0n) is 45.1. The van der Waals surface area contributed by atoms with Crippen molar-refractivity contribution in [2.45, 2.75) is 182 Å². The number of amides is 4. The van der Waals surface area contributed by atoms with E-state index >= 15 is 0 Å². The summed E-state index contributed by atoms with van der Waals surface area (Å²) in [6.07, 6.45) is -6.64. The molecule has 0 radical (unpaired) electrons. The Morgan fingerprint density at radius 3 is 1.67 bits per heavy atom. The highest BCUT2D eigenvalue weighted by Crippen LogP contribution is 2.33. The Morgan fingerprint density at radius 2 is 1.11 bits per heavy atom. The number of carbonyl (C=O) groups excluding carboxylic acids is 5. The van der Waals surface area contributed by atoms with Crippen molar-refractivity contribution in [1.29, 1.82) is 0 Å². The lowest BCUT2D eigenvalue weighted by atomic mass is 9.79. The third-order valence-electron chi connectivity index (χ3n) is 14.6. The number of Topliss-reactive ketones (excluding diaryl/α,β-unsaturated/α-hetero) is 1. The number of nitrogens with one attached hydrogen (secondary N) is 2. The average Bonchev–Trinajstić information content (AvgIpc) is 3.82. The van der Waals surface area contributed by atoms with Gasteiger partial charge in [-0.2, -0.15) is 0 Å². The van der Waals surface area contributed by atoms with Gasteiger partial charge in [-0.05, 0) is 63.7 Å². The van der Waals surface area contributed by atoms with Gasteiger partial charge in [-0.15, -0.1) is 6.42 Å². The number of terminal acetylenes is 1. The van der Waals surface area contributed by atoms with E-state index in [0.29, 0.717) is 84.3 Å². The number of imide groups is 1. The molecule has 0 aromatic heterocycles. The zero-order valence-corrected chi connectivity index (χ0v) is 45.1. The summed E-state index contributed by atoms with van der Waals surface area (Å²) in [5.74, 6) is 1.84. The summed E-state index contributed by atoms with van der Waals surface area (Å²) in [6.45, 7) is 0.670. The van der Waals surface area contributed by atoms with E-state index in [1.165, 1.54) is 24.2 Å². The standard InChI is InChI=1S/C53H85N3O23/c1-3-20-54-38(59)12-6-4-8-23-73-49-36(78-51(70-2)47(68)44(49)65)30-76-53-48(69)45(66)50(37(79-53)31-75-52-46(67)43(64)42(63)35(29-57)77-52)74-24-9-5-7-13-39(60)55-21-25-72-27-26-71-22-10-11-34(58)33-16-14-32(15-17-33)28-56-40(61)18-19-41(56)62/h1,18-19,32-33,35-37,42-53,57,63-69H,4-17,20-31H2,2H3,(H,54,59)(H,55,60)/t32?,33?,35-,36-,37-,42-,43+,44-,45-,46-,47-,48-,49-,50-,51+,52+,53+/m1/s1. The van der Waals surface area contributed by atoms with Gasteiger partial charge >= 0.3 is 0 Å². The second-order valence-corrected chi connectivity index (χ2v) is 20.4. The number of ketones is 1. The van der Waals surface area contributed by atoms with Crippen molar-refractivity contribution in [3.05, 3.63) is 12.2 Å². The summed E-state index contributed by atoms with van der Waals surface area (Å²) in [7, 11) is 1.26. The molecule has 4 aliphatic heterocycles. The van der Waals surface area contributed by atoms with Crippen molar-refractivity contribution in [3.63, 3.8) is 0 Å². The van der Waals surface area contributed by atoms with Crippen LogP contribution in [0.1, 0.15) is 89.9 Å². The van der Waals surface area contributed by atoms with Crippen molar-refractivity contribution >= 4 is 29.4 Å². The fraction of sp³-hybridized carbons (Fsp3) is 0.830. The maximum atomic E-state index is 12.7. The van der Waals surface area contributed by atoms with Gasteiger partial charge in [0.25, 0.3) is 11.8 Å². The Labute approximate surface area is 460 Å². The molecule has 10 N–H and O–H groups in total. The average molecular weight is 1130 g/mol. The summed E-state index contributed by atoms with van der Waals surface area (Å²) < 4.78 is 57.5. The van der Waals surface area contributed by atoms with E-state index in [0.717, 1.165) is 25.7 Å². The van der Waals surface area contributed by atoms with Crippen LogP contribution in [0.2, 0.25) is 0 Å². The summed E-state index contributed by atoms with van der Waals surface area (Å²) in [5, 5.41) is 90.7. The summed E-state index contributed by atoms with van der Waals surface area (Å²) >= 11 is 0. The quantitative estimate of drug-likeness (QED) is 0.0172. The van der Waals surface area contributed by atoms with E-state index in [1.54, 1.807) is 0 Å². The van der Waals surface area contributed by atoms with E-state index in [2.05, 4.69) is 16.6 Å². The van der Waals surface area contributed by atoms with Crippen molar-refractivity contribution in [2.24, 2.45) is 11.8 Å². The minimum absolute atomic E-state index is 0.00628. The Balaban J connectivity index is 0.987. The maximum Gasteiger partial charge on any atom is 0.253 e. The molecular formula is C53H85N3O23. The fourth-order valence-corrected chi connectivity index (χ4v) is 9.98. The third-order valence-corrected chi connectivity index (χ3v) is 14.6. The van der Waals surface area contributed by atoms with Crippen LogP contribution in [0, 0.1) is 24.2 Å². The van der Waals surface area contributed by atoms with Crippen LogP contribution in [0.4, 0.5) is 0 Å². The lowest BCUT2D eigenvalue weighted by Crippen LogP contribution is -2.63. The first-order valence-corrected chi connectivity index (χ1v) is 27.6. The van der Waals surface area contributed by atoms with Crippen LogP contribution in [0.5, 0.6) is 0 Å². The first kappa shape index (κ1) is 66.1. The van der Waals surface area contributed by atoms with Crippen LogP contribution >= 0.6 is 0 Å². The minimum atomic E-state index is -1.76. The molecule has 5 rings (SSSR count). The molecule has 3 saturated heterocycles. The van der Waals surface area contributed by atoms with Gasteiger partial charge in [0.05, 0.1) is 46.2 Å². The number of nitrogens with zero attached hydrogens (tertiary/aromatic N) is 1. The van der Waals surface area contributed by atoms with Gasteiger partial charge in [0.2, 0.25) is 11.8 Å². The summed E-state index contributed by atoms with van der Waals surface area (Å²) in [5.41, 5.74) is 0. The molecule has 4 amide bonds. The number of hydrogen-bond donors (Lipinski definition) is 10. The minimum Gasteiger partial charge on any atom is -0.394 e. The first-order valence-electron chi connectivity index (χ1n) is 27.6. The second-order valence-electron chi connectivity index (χ2n) is 20.4. The topological polar surface area (TPSA) is 367 Å². The number of hydrogen-bond acceptors (Lipinski definition) is 23. The highest BCUT2D eigenvalue weighted by atomic mass is 16.7. The Hall–Kier alpha value is -3.67. The molecule has 5 aliphatic rings. The number of carbonyl (C=O) groups is 5. The molecule has 26 heteroatoms. The van der Waals surface area contributed by atoms with Crippen LogP contribution in [0.15, 0.2) is 12.2 Å². The van der Waals surface area contributed by atoms with E-state index in [1.807, 2.05) is 0 Å². The fourth-order valence-electron chi connectivity index (χ4n) is 9.98. The molecule has 26 nitrogen and oxygen atoms in total. The molecule has 450 valence electrons. The Morgan fingerprint density at radius 1 is 0.595 bits per heavy atom. The first-order chi connectivity index (χ1) is 38.1. The molecule has 0 aromatic rings. The van der Waals surface area contributed by atoms with Crippen molar-refractivity contribution < 1.29 is 112 Å². The Kier molecular flexibility index (Phi) is 29.6.